The number of halogens is 1. The number of allylic oxidation sites excluding steroid dienone is 1. The maximum absolute atomic E-state index is 13.8. The van der Waals surface area contributed by atoms with Crippen LogP contribution in [0.1, 0.15) is 18.1 Å². The number of furan rings is 1. The van der Waals surface area contributed by atoms with Gasteiger partial charge >= 0.3 is 0 Å². The van der Waals surface area contributed by atoms with E-state index in [9.17, 15) is 14.0 Å². The second-order valence-electron chi connectivity index (χ2n) is 10.6. The molecular weight excluding hydrogens is 615 g/mol. The molecule has 0 saturated carbocycles. The molecule has 0 atom stereocenters. The minimum atomic E-state index is -0.432. The van der Waals surface area contributed by atoms with E-state index in [-0.39, 0.29) is 18.0 Å². The summed E-state index contributed by atoms with van der Waals surface area (Å²) in [5, 5.41) is 8.38. The van der Waals surface area contributed by atoms with Crippen LogP contribution in [0, 0.1) is 5.82 Å². The number of hydrogen-bond acceptors (Lipinski definition) is 8. The van der Waals surface area contributed by atoms with Gasteiger partial charge in [-0.3, -0.25) is 9.59 Å². The van der Waals surface area contributed by atoms with Gasteiger partial charge < -0.3 is 23.9 Å². The number of nitrogens with one attached hydrogen (secondary N) is 1. The molecule has 6 aromatic rings. The molecule has 4 aromatic carbocycles. The van der Waals surface area contributed by atoms with E-state index in [4.69, 9.17) is 23.6 Å². The van der Waals surface area contributed by atoms with E-state index in [0.29, 0.717) is 69.3 Å². The third-order valence-corrected chi connectivity index (χ3v) is 7.33. The van der Waals surface area contributed by atoms with E-state index in [1.807, 2.05) is 25.1 Å². The minimum absolute atomic E-state index is 0.205. The van der Waals surface area contributed by atoms with Crippen molar-refractivity contribution >= 4 is 39.7 Å². The molecule has 2 heterocycles. The van der Waals surface area contributed by atoms with Crippen molar-refractivity contribution in [1.82, 2.24) is 9.66 Å². The van der Waals surface area contributed by atoms with Crippen LogP contribution in [0.2, 0.25) is 0 Å². The van der Waals surface area contributed by atoms with Crippen LogP contribution in [-0.4, -0.2) is 42.1 Å². The van der Waals surface area contributed by atoms with Gasteiger partial charge in [0, 0.05) is 11.3 Å². The van der Waals surface area contributed by atoms with Crippen molar-refractivity contribution in [3.05, 3.63) is 125 Å². The molecule has 0 unspecified atom stereocenters. The molecule has 0 aliphatic heterocycles. The van der Waals surface area contributed by atoms with Gasteiger partial charge in [-0.25, -0.2) is 9.37 Å². The van der Waals surface area contributed by atoms with Crippen molar-refractivity contribution in [1.29, 1.82) is 0 Å². The van der Waals surface area contributed by atoms with E-state index >= 15 is 0 Å². The van der Waals surface area contributed by atoms with Gasteiger partial charge in [-0.15, -0.1) is 6.58 Å². The van der Waals surface area contributed by atoms with Crippen LogP contribution >= 0.6 is 0 Å². The number of methoxy groups -OCH3 is 1. The molecule has 11 heteroatoms. The average Bonchev–Trinajstić information content (AvgIpc) is 3.53. The zero-order valence-electron chi connectivity index (χ0n) is 26.2. The summed E-state index contributed by atoms with van der Waals surface area (Å²) in [6.07, 6.45) is 3.61. The lowest BCUT2D eigenvalue weighted by molar-refractivity contribution is -0.118. The van der Waals surface area contributed by atoms with E-state index in [0.717, 1.165) is 5.39 Å². The molecule has 0 radical (unpaired) electrons. The van der Waals surface area contributed by atoms with Crippen LogP contribution in [0.25, 0.3) is 33.5 Å². The lowest BCUT2D eigenvalue weighted by Gasteiger charge is -2.16. The molecule has 0 saturated heterocycles. The maximum Gasteiger partial charge on any atom is 0.282 e. The highest BCUT2D eigenvalue weighted by Gasteiger charge is 2.19. The van der Waals surface area contributed by atoms with Crippen molar-refractivity contribution in [3.63, 3.8) is 0 Å². The molecule has 0 bridgehead atoms. The number of nitrogens with zero attached hydrogens (tertiary/aromatic N) is 3. The summed E-state index contributed by atoms with van der Waals surface area (Å²) < 4.78 is 37.9. The Labute approximate surface area is 274 Å². The van der Waals surface area contributed by atoms with Crippen molar-refractivity contribution in [2.45, 2.75) is 13.3 Å². The number of anilines is 1. The highest BCUT2D eigenvalue weighted by atomic mass is 19.1. The monoisotopic (exact) mass is 646 g/mol. The quantitative estimate of drug-likeness (QED) is 0.113. The lowest BCUT2D eigenvalue weighted by atomic mass is 10.1. The SMILES string of the molecule is C=CCc1cc(C=Nn2c(-c3cc4c(OC)cccc4o3)nc3ccccc3c2=O)cc(OCC)c1OCC(=O)Nc1ccc(F)cc1. The first kappa shape index (κ1) is 31.7. The highest BCUT2D eigenvalue weighted by molar-refractivity contribution is 5.92. The topological polar surface area (TPSA) is 117 Å². The van der Waals surface area contributed by atoms with Crippen LogP contribution in [0.15, 0.2) is 112 Å². The molecule has 2 aromatic heterocycles. The van der Waals surface area contributed by atoms with Gasteiger partial charge in [0.2, 0.25) is 5.82 Å². The average molecular weight is 647 g/mol. The molecule has 10 nitrogen and oxygen atoms in total. The number of ether oxygens (including phenoxy) is 3. The fourth-order valence-corrected chi connectivity index (χ4v) is 5.20. The molecular formula is C37H31FN4O6. The van der Waals surface area contributed by atoms with Gasteiger partial charge in [0.1, 0.15) is 17.1 Å². The van der Waals surface area contributed by atoms with Crippen LogP contribution in [0.5, 0.6) is 17.2 Å². The number of rotatable bonds is 12. The standard InChI is InChI=1S/C37H31FN4O6/c1-4-9-24-18-23(19-32(46-5-2)35(24)47-22-34(43)40-26-16-14-25(38)15-17-26)21-39-42-36(41-29-11-7-6-10-27(29)37(42)44)33-20-28-30(45-3)12-8-13-31(28)48-33/h4,6-8,10-21H,1,5,9,22H2,2-3H3,(H,40,43). The summed E-state index contributed by atoms with van der Waals surface area (Å²) in [4.78, 5) is 31.2. The molecule has 0 spiro atoms. The van der Waals surface area contributed by atoms with Crippen LogP contribution in [-0.2, 0) is 11.2 Å². The zero-order chi connectivity index (χ0) is 33.6. The second kappa shape index (κ2) is 14.0. The zero-order valence-corrected chi connectivity index (χ0v) is 26.2. The van der Waals surface area contributed by atoms with Crippen LogP contribution in [0.4, 0.5) is 10.1 Å². The number of fused-ring (bicyclic) bond motifs is 2. The summed E-state index contributed by atoms with van der Waals surface area (Å²) >= 11 is 0. The van der Waals surface area contributed by atoms with Crippen molar-refractivity contribution < 1.29 is 27.8 Å². The van der Waals surface area contributed by atoms with Crippen LogP contribution < -0.4 is 25.1 Å². The van der Waals surface area contributed by atoms with E-state index in [2.05, 4.69) is 17.0 Å². The van der Waals surface area contributed by atoms with Crippen LogP contribution in [0.3, 0.4) is 0 Å². The van der Waals surface area contributed by atoms with E-state index < -0.39 is 11.7 Å². The minimum Gasteiger partial charge on any atom is -0.496 e. The summed E-state index contributed by atoms with van der Waals surface area (Å²) in [6, 6.07) is 23.2. The molecule has 48 heavy (non-hydrogen) atoms. The first-order valence-electron chi connectivity index (χ1n) is 15.1. The Morgan fingerprint density at radius 1 is 1.02 bits per heavy atom. The Morgan fingerprint density at radius 3 is 2.60 bits per heavy atom. The number of aromatic nitrogens is 2. The van der Waals surface area contributed by atoms with Crippen molar-refractivity contribution in [2.24, 2.45) is 5.10 Å². The predicted molar refractivity (Wildman–Crippen MR) is 183 cm³/mol. The normalized spacial score (nSPS) is 11.2. The van der Waals surface area contributed by atoms with Gasteiger partial charge in [0.05, 0.1) is 36.2 Å². The number of carbonyl (C=O) groups excluding carboxylic acids is 1. The fraction of sp³-hybridized carbons (Fsp3) is 0.135. The molecule has 0 aliphatic rings. The number of hydrogen-bond donors (Lipinski definition) is 1. The molecule has 0 aliphatic carbocycles. The predicted octanol–water partition coefficient (Wildman–Crippen LogP) is 6.98. The first-order chi connectivity index (χ1) is 23.4. The third kappa shape index (κ3) is 6.66. The summed E-state index contributed by atoms with van der Waals surface area (Å²) in [7, 11) is 1.58. The molecule has 1 amide bonds. The lowest BCUT2D eigenvalue weighted by Crippen LogP contribution is -2.21. The van der Waals surface area contributed by atoms with E-state index in [1.165, 1.54) is 35.2 Å². The molecule has 1 N–H and O–H groups in total. The summed E-state index contributed by atoms with van der Waals surface area (Å²) in [5.74, 6) is 1.06. The Kier molecular flexibility index (Phi) is 9.28. The second-order valence-corrected chi connectivity index (χ2v) is 10.6. The number of benzene rings is 4. The maximum atomic E-state index is 13.8. The summed E-state index contributed by atoms with van der Waals surface area (Å²) in [5.41, 5.74) is 2.39. The molecule has 0 fully saturated rings. The highest BCUT2D eigenvalue weighted by Crippen LogP contribution is 2.35. The first-order valence-corrected chi connectivity index (χ1v) is 15.1. The van der Waals surface area contributed by atoms with Gasteiger partial charge in [-0.2, -0.15) is 9.78 Å². The van der Waals surface area contributed by atoms with Gasteiger partial charge in [0.15, 0.2) is 23.9 Å². The fourth-order valence-electron chi connectivity index (χ4n) is 5.20. The third-order valence-electron chi connectivity index (χ3n) is 7.33. The Balaban J connectivity index is 1.37. The van der Waals surface area contributed by atoms with Gasteiger partial charge in [-0.1, -0.05) is 24.3 Å². The van der Waals surface area contributed by atoms with E-state index in [1.54, 1.807) is 55.7 Å². The molecule has 242 valence electrons. The Bertz CT molecular complexity index is 2220. The molecule has 6 rings (SSSR count). The van der Waals surface area contributed by atoms with Crippen molar-refractivity contribution in [3.8, 4) is 28.8 Å². The number of amides is 1. The Morgan fingerprint density at radius 2 is 1.83 bits per heavy atom. The number of carbonyl (C=O) groups is 1. The smallest absolute Gasteiger partial charge is 0.282 e. The Hall–Kier alpha value is -6.23. The number of para-hydroxylation sites is 1. The van der Waals surface area contributed by atoms with Gasteiger partial charge in [-0.05, 0) is 85.6 Å². The van der Waals surface area contributed by atoms with Gasteiger partial charge in [0.25, 0.3) is 11.5 Å². The largest absolute Gasteiger partial charge is 0.496 e. The summed E-state index contributed by atoms with van der Waals surface area (Å²) in [6.45, 7) is 5.68. The van der Waals surface area contributed by atoms with Crippen molar-refractivity contribution in [2.75, 3.05) is 25.6 Å².